The monoisotopic (exact) mass is 857 g/mol. The first kappa shape index (κ1) is 57.2. The van der Waals surface area contributed by atoms with Crippen molar-refractivity contribution in [3.05, 3.63) is 0 Å². The molecular formula is C51H100O9. The number of unbranched alkanes of at least 4 members (excludes halogenated alkanes) is 35. The van der Waals surface area contributed by atoms with E-state index in [0.717, 1.165) is 32.1 Å². The van der Waals surface area contributed by atoms with Crippen LogP contribution in [-0.4, -0.2) is 89.6 Å². The fourth-order valence-corrected chi connectivity index (χ4v) is 8.44. The van der Waals surface area contributed by atoms with Gasteiger partial charge in [-0.15, -0.1) is 0 Å². The second kappa shape index (κ2) is 43.4. The first-order valence-corrected chi connectivity index (χ1v) is 26.1. The maximum atomic E-state index is 12.8. The molecule has 9 heteroatoms. The minimum atomic E-state index is -1.53. The number of esters is 1. The summed E-state index contributed by atoms with van der Waals surface area (Å²) in [6.45, 7) is 4.62. The number of aliphatic hydroxyl groups excluding tert-OH is 4. The van der Waals surface area contributed by atoms with Gasteiger partial charge in [0.05, 0.1) is 19.8 Å². The number of carbonyl (C=O) groups excluding carboxylic acids is 1. The van der Waals surface area contributed by atoms with Gasteiger partial charge in [-0.05, 0) is 12.8 Å². The Morgan fingerprint density at radius 2 is 0.817 bits per heavy atom. The topological polar surface area (TPSA) is 135 Å². The van der Waals surface area contributed by atoms with Gasteiger partial charge in [-0.25, -0.2) is 0 Å². The maximum Gasteiger partial charge on any atom is 0.306 e. The minimum Gasteiger partial charge on any atom is -0.457 e. The summed E-state index contributed by atoms with van der Waals surface area (Å²) in [6.07, 6.45) is 41.5. The van der Waals surface area contributed by atoms with Crippen LogP contribution >= 0.6 is 0 Å². The zero-order valence-electron chi connectivity index (χ0n) is 39.5. The fourth-order valence-electron chi connectivity index (χ4n) is 8.44. The molecule has 0 aromatic carbocycles. The van der Waals surface area contributed by atoms with Crippen molar-refractivity contribution in [3.8, 4) is 0 Å². The predicted octanol–water partition coefficient (Wildman–Crippen LogP) is 12.6. The second-order valence-electron chi connectivity index (χ2n) is 18.3. The lowest BCUT2D eigenvalue weighted by atomic mass is 9.99. The predicted molar refractivity (Wildman–Crippen MR) is 247 cm³/mol. The van der Waals surface area contributed by atoms with Gasteiger partial charge in [-0.1, -0.05) is 239 Å². The van der Waals surface area contributed by atoms with Crippen molar-refractivity contribution in [2.45, 2.75) is 295 Å². The van der Waals surface area contributed by atoms with Crippen LogP contribution in [0.5, 0.6) is 0 Å². The molecule has 0 radical (unpaired) electrons. The Morgan fingerprint density at radius 1 is 0.467 bits per heavy atom. The molecule has 1 heterocycles. The van der Waals surface area contributed by atoms with Crippen LogP contribution < -0.4 is 0 Å². The number of carbonyl (C=O) groups is 1. The van der Waals surface area contributed by atoms with E-state index in [2.05, 4.69) is 13.8 Å². The van der Waals surface area contributed by atoms with E-state index >= 15 is 0 Å². The van der Waals surface area contributed by atoms with Crippen LogP contribution in [0.3, 0.4) is 0 Å². The van der Waals surface area contributed by atoms with Crippen molar-refractivity contribution in [2.24, 2.45) is 0 Å². The highest BCUT2D eigenvalue weighted by atomic mass is 16.7. The molecule has 0 aliphatic carbocycles. The molecule has 0 saturated carbocycles. The van der Waals surface area contributed by atoms with Crippen molar-refractivity contribution in [2.75, 3.05) is 26.4 Å². The zero-order valence-corrected chi connectivity index (χ0v) is 39.5. The molecule has 1 fully saturated rings. The van der Waals surface area contributed by atoms with E-state index in [1.807, 2.05) is 0 Å². The van der Waals surface area contributed by atoms with Crippen molar-refractivity contribution < 1.29 is 44.2 Å². The molecule has 9 nitrogen and oxygen atoms in total. The molecule has 0 aromatic heterocycles. The van der Waals surface area contributed by atoms with Crippen molar-refractivity contribution >= 4 is 5.97 Å². The van der Waals surface area contributed by atoms with Gasteiger partial charge >= 0.3 is 5.97 Å². The smallest absolute Gasteiger partial charge is 0.306 e. The molecule has 6 unspecified atom stereocenters. The summed E-state index contributed by atoms with van der Waals surface area (Å²) in [4.78, 5) is 12.8. The molecule has 4 N–H and O–H groups in total. The Morgan fingerprint density at radius 3 is 1.18 bits per heavy atom. The number of hydrogen-bond acceptors (Lipinski definition) is 9. The van der Waals surface area contributed by atoms with E-state index in [9.17, 15) is 25.2 Å². The van der Waals surface area contributed by atoms with E-state index in [-0.39, 0.29) is 19.2 Å². The summed E-state index contributed by atoms with van der Waals surface area (Å²) in [6, 6.07) is 0. The summed E-state index contributed by atoms with van der Waals surface area (Å²) in [5.41, 5.74) is 0. The third-order valence-corrected chi connectivity index (χ3v) is 12.5. The molecule has 0 aromatic rings. The first-order valence-electron chi connectivity index (χ1n) is 26.1. The molecule has 60 heavy (non-hydrogen) atoms. The normalized spacial score (nSPS) is 19.9. The van der Waals surface area contributed by atoms with E-state index in [1.54, 1.807) is 0 Å². The molecule has 358 valence electrons. The van der Waals surface area contributed by atoms with E-state index < -0.39 is 43.4 Å². The fraction of sp³-hybridized carbons (Fsp3) is 0.980. The molecule has 1 saturated heterocycles. The van der Waals surface area contributed by atoms with Crippen LogP contribution in [0.15, 0.2) is 0 Å². The van der Waals surface area contributed by atoms with E-state index in [1.165, 1.54) is 205 Å². The third kappa shape index (κ3) is 33.7. The molecule has 1 aliphatic heterocycles. The van der Waals surface area contributed by atoms with Crippen LogP contribution in [0.1, 0.15) is 258 Å². The Hall–Kier alpha value is -0.810. The highest BCUT2D eigenvalue weighted by molar-refractivity contribution is 5.69. The minimum absolute atomic E-state index is 0.105. The van der Waals surface area contributed by atoms with Crippen LogP contribution in [0.25, 0.3) is 0 Å². The molecule has 1 rings (SSSR count). The van der Waals surface area contributed by atoms with Gasteiger partial charge in [0.25, 0.3) is 0 Å². The number of aliphatic hydroxyl groups is 4. The molecule has 0 amide bonds. The van der Waals surface area contributed by atoms with E-state index in [4.69, 9.17) is 18.9 Å². The molecule has 1 aliphatic rings. The highest BCUT2D eigenvalue weighted by Crippen LogP contribution is 2.23. The highest BCUT2D eigenvalue weighted by Gasteiger charge is 2.44. The summed E-state index contributed by atoms with van der Waals surface area (Å²) in [7, 11) is 0. The van der Waals surface area contributed by atoms with Crippen LogP contribution in [0.2, 0.25) is 0 Å². The zero-order chi connectivity index (χ0) is 43.6. The van der Waals surface area contributed by atoms with Gasteiger partial charge in [0.2, 0.25) is 0 Å². The molecule has 0 spiro atoms. The lowest BCUT2D eigenvalue weighted by Crippen LogP contribution is -2.59. The van der Waals surface area contributed by atoms with Crippen LogP contribution in [0, 0.1) is 0 Å². The Kier molecular flexibility index (Phi) is 41.4. The van der Waals surface area contributed by atoms with Crippen molar-refractivity contribution in [3.63, 3.8) is 0 Å². The van der Waals surface area contributed by atoms with Crippen LogP contribution in [-0.2, 0) is 23.7 Å². The summed E-state index contributed by atoms with van der Waals surface area (Å²) in [5, 5.41) is 40.2. The van der Waals surface area contributed by atoms with Gasteiger partial charge in [0, 0.05) is 13.0 Å². The number of rotatable bonds is 46. The SMILES string of the molecule is CCCCCCCCCCCCCCCCCCCCCCCCCCCC(=O)OC(COCCCCCCCCCCCCCC)COC1OC(CO)C(O)C(O)C1O. The Bertz CT molecular complexity index is 889. The average molecular weight is 857 g/mol. The van der Waals surface area contributed by atoms with E-state index in [0.29, 0.717) is 13.0 Å². The Labute approximate surface area is 370 Å². The number of hydrogen-bond donors (Lipinski definition) is 4. The molecular weight excluding hydrogens is 757 g/mol. The number of ether oxygens (including phenoxy) is 4. The van der Waals surface area contributed by atoms with Gasteiger partial charge in [0.15, 0.2) is 6.29 Å². The molecule has 6 atom stereocenters. The maximum absolute atomic E-state index is 12.8. The largest absolute Gasteiger partial charge is 0.457 e. The summed E-state index contributed by atoms with van der Waals surface area (Å²) >= 11 is 0. The van der Waals surface area contributed by atoms with Crippen LogP contribution in [0.4, 0.5) is 0 Å². The summed E-state index contributed by atoms with van der Waals surface area (Å²) < 4.78 is 22.9. The van der Waals surface area contributed by atoms with Gasteiger partial charge in [-0.2, -0.15) is 0 Å². The second-order valence-corrected chi connectivity index (χ2v) is 18.3. The van der Waals surface area contributed by atoms with Crippen molar-refractivity contribution in [1.82, 2.24) is 0 Å². The quantitative estimate of drug-likeness (QED) is 0.0348. The average Bonchev–Trinajstić information content (AvgIpc) is 3.25. The first-order chi connectivity index (χ1) is 29.4. The lowest BCUT2D eigenvalue weighted by molar-refractivity contribution is -0.305. The standard InChI is InChI=1S/C51H100O9/c1-3-5-7-9-11-13-15-17-18-19-20-21-22-23-24-25-26-27-28-29-30-32-34-36-38-40-47(53)59-45(44-58-51-50(56)49(55)48(54)46(42-52)60-51)43-57-41-39-37-35-33-31-16-14-12-10-8-6-4-2/h45-46,48-52,54-56H,3-44H2,1-2H3. The summed E-state index contributed by atoms with van der Waals surface area (Å²) in [5.74, 6) is -0.305. The van der Waals surface area contributed by atoms with Gasteiger partial charge in [0.1, 0.15) is 30.5 Å². The lowest BCUT2D eigenvalue weighted by Gasteiger charge is -2.39. The van der Waals surface area contributed by atoms with Gasteiger partial charge < -0.3 is 39.4 Å². The van der Waals surface area contributed by atoms with Crippen molar-refractivity contribution in [1.29, 1.82) is 0 Å². The Balaban J connectivity index is 2.12. The third-order valence-electron chi connectivity index (χ3n) is 12.5. The molecule has 0 bridgehead atoms. The van der Waals surface area contributed by atoms with Gasteiger partial charge in [-0.3, -0.25) is 4.79 Å².